The van der Waals surface area contributed by atoms with E-state index in [4.69, 9.17) is 5.84 Å². The molecule has 3 N–H and O–H groups in total. The van der Waals surface area contributed by atoms with Crippen molar-refractivity contribution in [2.24, 2.45) is 5.84 Å². The van der Waals surface area contributed by atoms with E-state index in [0.29, 0.717) is 10.2 Å². The zero-order chi connectivity index (χ0) is 14.9. The average Bonchev–Trinajstić information content (AvgIpc) is 2.41. The summed E-state index contributed by atoms with van der Waals surface area (Å²) in [5.74, 6) is 3.68. The molecular formula is C13H11Br2F2N3. The lowest BCUT2D eigenvalue weighted by atomic mass is 10.0. The Hall–Kier alpha value is -0.890. The molecule has 1 aromatic heterocycles. The van der Waals surface area contributed by atoms with Gasteiger partial charge < -0.3 is 0 Å². The minimum Gasteiger partial charge on any atom is -0.271 e. The number of nitrogens with one attached hydrogen (secondary N) is 1. The van der Waals surface area contributed by atoms with Crippen molar-refractivity contribution >= 4 is 31.9 Å². The normalized spacial score (nSPS) is 12.5. The molecule has 0 saturated carbocycles. The van der Waals surface area contributed by atoms with Crippen LogP contribution in [0.5, 0.6) is 0 Å². The third-order valence-electron chi connectivity index (χ3n) is 2.89. The van der Waals surface area contributed by atoms with Crippen LogP contribution in [0.3, 0.4) is 0 Å². The molecule has 7 heteroatoms. The quantitative estimate of drug-likeness (QED) is 0.602. The molecule has 3 nitrogen and oxygen atoms in total. The highest BCUT2D eigenvalue weighted by molar-refractivity contribution is 9.11. The molecule has 2 aromatic rings. The fourth-order valence-electron chi connectivity index (χ4n) is 1.84. The summed E-state index contributed by atoms with van der Waals surface area (Å²) in [5, 5.41) is 0. The summed E-state index contributed by atoms with van der Waals surface area (Å²) < 4.78 is 29.2. The zero-order valence-corrected chi connectivity index (χ0v) is 13.6. The van der Waals surface area contributed by atoms with Crippen molar-refractivity contribution in [1.29, 1.82) is 0 Å². The minimum absolute atomic E-state index is 0.103. The number of rotatable bonds is 3. The molecule has 0 bridgehead atoms. The van der Waals surface area contributed by atoms with E-state index in [9.17, 15) is 8.78 Å². The van der Waals surface area contributed by atoms with E-state index in [-0.39, 0.29) is 11.1 Å². The van der Waals surface area contributed by atoms with Gasteiger partial charge in [-0.3, -0.25) is 10.8 Å². The Balaban J connectivity index is 2.55. The number of nitrogens with zero attached hydrogens (tertiary/aromatic N) is 1. The Morgan fingerprint density at radius 2 is 1.95 bits per heavy atom. The topological polar surface area (TPSA) is 50.9 Å². The first-order valence-electron chi connectivity index (χ1n) is 5.67. The molecule has 1 aromatic carbocycles. The molecule has 0 aliphatic carbocycles. The van der Waals surface area contributed by atoms with Crippen molar-refractivity contribution in [3.05, 3.63) is 61.8 Å². The van der Waals surface area contributed by atoms with Gasteiger partial charge in [0.2, 0.25) is 0 Å². The number of aryl methyl sites for hydroxylation is 1. The second kappa shape index (κ2) is 6.26. The summed E-state index contributed by atoms with van der Waals surface area (Å²) in [5.41, 5.74) is 3.28. The summed E-state index contributed by atoms with van der Waals surface area (Å²) in [6, 6.07) is 4.00. The Bertz CT molecular complexity index is 650. The second-order valence-corrected chi connectivity index (χ2v) is 5.99. The van der Waals surface area contributed by atoms with E-state index in [0.717, 1.165) is 4.47 Å². The molecule has 0 radical (unpaired) electrons. The number of benzene rings is 1. The number of nitrogens with two attached hydrogens (primary N) is 1. The number of hydrogen-bond donors (Lipinski definition) is 2. The van der Waals surface area contributed by atoms with Gasteiger partial charge in [-0.2, -0.15) is 0 Å². The monoisotopic (exact) mass is 405 g/mol. The largest absolute Gasteiger partial charge is 0.271 e. The van der Waals surface area contributed by atoms with Crippen LogP contribution in [-0.4, -0.2) is 4.98 Å². The van der Waals surface area contributed by atoms with E-state index >= 15 is 0 Å². The molecule has 0 fully saturated rings. The lowest BCUT2D eigenvalue weighted by Crippen LogP contribution is -2.30. The smallest absolute Gasteiger partial charge is 0.164 e. The molecule has 0 saturated heterocycles. The van der Waals surface area contributed by atoms with E-state index in [1.165, 1.54) is 19.1 Å². The maximum absolute atomic E-state index is 14.1. The van der Waals surface area contributed by atoms with E-state index < -0.39 is 17.7 Å². The van der Waals surface area contributed by atoms with Gasteiger partial charge in [-0.05, 0) is 50.4 Å². The van der Waals surface area contributed by atoms with Crippen LogP contribution in [-0.2, 0) is 0 Å². The standard InChI is InChI=1S/C13H11Br2F2N3/c1-6-2-3-8(11(17)10(6)16)12(20-18)13-9(15)4-7(14)5-19-13/h2-5,12,20H,18H2,1H3. The predicted molar refractivity (Wildman–Crippen MR) is 79.9 cm³/mol. The molecule has 0 aliphatic rings. The summed E-state index contributed by atoms with van der Waals surface area (Å²) in [4.78, 5) is 4.19. The average molecular weight is 407 g/mol. The van der Waals surface area contributed by atoms with E-state index in [1.54, 1.807) is 12.3 Å². The fraction of sp³-hybridized carbons (Fsp3) is 0.154. The van der Waals surface area contributed by atoms with Crippen molar-refractivity contribution in [3.8, 4) is 0 Å². The number of hydrazine groups is 1. The fourth-order valence-corrected chi connectivity index (χ4v) is 3.05. The third kappa shape index (κ3) is 2.90. The Kier molecular flexibility index (Phi) is 4.85. The first-order valence-corrected chi connectivity index (χ1v) is 7.26. The van der Waals surface area contributed by atoms with Crippen LogP contribution in [0, 0.1) is 18.6 Å². The summed E-state index contributed by atoms with van der Waals surface area (Å²) in [7, 11) is 0. The second-order valence-electron chi connectivity index (χ2n) is 4.22. The first-order chi connectivity index (χ1) is 9.45. The van der Waals surface area contributed by atoms with Crippen LogP contribution in [0.25, 0.3) is 0 Å². The van der Waals surface area contributed by atoms with E-state index in [1.807, 2.05) is 0 Å². The Morgan fingerprint density at radius 3 is 2.55 bits per heavy atom. The van der Waals surface area contributed by atoms with Crippen LogP contribution in [0.2, 0.25) is 0 Å². The first kappa shape index (κ1) is 15.5. The predicted octanol–water partition coefficient (Wildman–Crippen LogP) is 3.75. The van der Waals surface area contributed by atoms with Gasteiger partial charge in [-0.1, -0.05) is 12.1 Å². The van der Waals surface area contributed by atoms with Gasteiger partial charge in [0.1, 0.15) is 0 Å². The number of aromatic nitrogens is 1. The van der Waals surface area contributed by atoms with Crippen molar-refractivity contribution < 1.29 is 8.78 Å². The molecule has 0 amide bonds. The van der Waals surface area contributed by atoms with Crippen molar-refractivity contribution in [2.75, 3.05) is 0 Å². The number of pyridine rings is 1. The van der Waals surface area contributed by atoms with Gasteiger partial charge in [0.25, 0.3) is 0 Å². The minimum atomic E-state index is -0.926. The lowest BCUT2D eigenvalue weighted by Gasteiger charge is -2.18. The van der Waals surface area contributed by atoms with Gasteiger partial charge in [-0.15, -0.1) is 0 Å². The summed E-state index contributed by atoms with van der Waals surface area (Å²) in [6.45, 7) is 1.50. The van der Waals surface area contributed by atoms with Crippen LogP contribution in [0.1, 0.15) is 22.9 Å². The zero-order valence-electron chi connectivity index (χ0n) is 10.4. The molecule has 2 rings (SSSR count). The van der Waals surface area contributed by atoms with Crippen LogP contribution in [0.15, 0.2) is 33.3 Å². The van der Waals surface area contributed by atoms with Crippen molar-refractivity contribution in [3.63, 3.8) is 0 Å². The number of hydrogen-bond acceptors (Lipinski definition) is 3. The van der Waals surface area contributed by atoms with Crippen LogP contribution >= 0.6 is 31.9 Å². The Labute approximate surface area is 131 Å². The Morgan fingerprint density at radius 1 is 1.25 bits per heavy atom. The molecule has 0 aliphatic heterocycles. The van der Waals surface area contributed by atoms with Gasteiger partial charge in [0, 0.05) is 20.7 Å². The van der Waals surface area contributed by atoms with Crippen molar-refractivity contribution in [2.45, 2.75) is 13.0 Å². The van der Waals surface area contributed by atoms with Crippen LogP contribution in [0.4, 0.5) is 8.78 Å². The van der Waals surface area contributed by atoms with Gasteiger partial charge in [0.15, 0.2) is 11.6 Å². The summed E-state index contributed by atoms with van der Waals surface area (Å²) >= 11 is 6.62. The third-order valence-corrected chi connectivity index (χ3v) is 3.96. The SMILES string of the molecule is Cc1ccc(C(NN)c2ncc(Br)cc2Br)c(F)c1F. The lowest BCUT2D eigenvalue weighted by molar-refractivity contribution is 0.476. The van der Waals surface area contributed by atoms with Gasteiger partial charge >= 0.3 is 0 Å². The molecule has 0 spiro atoms. The van der Waals surface area contributed by atoms with Gasteiger partial charge in [0.05, 0.1) is 11.7 Å². The van der Waals surface area contributed by atoms with E-state index in [2.05, 4.69) is 42.3 Å². The molecule has 1 heterocycles. The highest BCUT2D eigenvalue weighted by Crippen LogP contribution is 2.30. The molecule has 1 atom stereocenters. The van der Waals surface area contributed by atoms with Crippen molar-refractivity contribution in [1.82, 2.24) is 10.4 Å². The number of halogens is 4. The molecule has 1 unspecified atom stereocenters. The molecule has 106 valence electrons. The maximum atomic E-state index is 14.1. The van der Waals surface area contributed by atoms with Gasteiger partial charge in [-0.25, -0.2) is 14.2 Å². The summed E-state index contributed by atoms with van der Waals surface area (Å²) in [6.07, 6.45) is 1.56. The highest BCUT2D eigenvalue weighted by Gasteiger charge is 2.23. The maximum Gasteiger partial charge on any atom is 0.164 e. The molecule has 20 heavy (non-hydrogen) atoms. The molecular weight excluding hydrogens is 396 g/mol. The van der Waals surface area contributed by atoms with Crippen LogP contribution < -0.4 is 11.3 Å². The highest BCUT2D eigenvalue weighted by atomic mass is 79.9.